The monoisotopic (exact) mass is 540 g/mol. The minimum Gasteiger partial charge on any atom is -0.356 e. The summed E-state index contributed by atoms with van der Waals surface area (Å²) in [6.07, 6.45) is 6.13. The Bertz CT molecular complexity index is 1710. The van der Waals surface area contributed by atoms with Gasteiger partial charge in [-0.25, -0.2) is 17.2 Å². The summed E-state index contributed by atoms with van der Waals surface area (Å²) in [6, 6.07) is 8.46. The van der Waals surface area contributed by atoms with E-state index < -0.39 is 21.5 Å². The Kier molecular flexibility index (Phi) is 6.65. The number of hydrogen-bond donors (Lipinski definition) is 1. The van der Waals surface area contributed by atoms with E-state index in [4.69, 9.17) is 0 Å². The van der Waals surface area contributed by atoms with Crippen molar-refractivity contribution in [1.82, 2.24) is 14.5 Å². The molecular weight excluding hydrogens is 510 g/mol. The number of nitrogens with one attached hydrogen (secondary N) is 1. The third-order valence-electron chi connectivity index (χ3n) is 7.00. The zero-order valence-corrected chi connectivity index (χ0v) is 22.6. The standard InChI is InChI=1S/C28H30F2N4O3S/c1-32(2)11-5-6-23-20-14-31-27-26(20)21(15-33(3)28(27)35)19-12-17(16-38(4,36)37)7-9-24(19)34(23)25-10-8-18(29)13-22(25)30/h7-10,12-15,23,31H,5-6,11,16H2,1-4H3. The average molecular weight is 541 g/mol. The molecule has 0 saturated carbocycles. The van der Waals surface area contributed by atoms with E-state index in [0.29, 0.717) is 28.8 Å². The summed E-state index contributed by atoms with van der Waals surface area (Å²) < 4.78 is 55.1. The Balaban J connectivity index is 1.85. The van der Waals surface area contributed by atoms with Crippen molar-refractivity contribution in [1.29, 1.82) is 0 Å². The number of H-pyrrole nitrogens is 1. The van der Waals surface area contributed by atoms with Crippen LogP contribution in [-0.2, 0) is 22.6 Å². The highest BCUT2D eigenvalue weighted by Gasteiger charge is 2.34. The molecule has 10 heteroatoms. The van der Waals surface area contributed by atoms with E-state index in [9.17, 15) is 17.6 Å². The summed E-state index contributed by atoms with van der Waals surface area (Å²) in [5.41, 5.74) is 3.91. The van der Waals surface area contributed by atoms with Crippen LogP contribution in [0.25, 0.3) is 22.0 Å². The van der Waals surface area contributed by atoms with E-state index in [1.165, 1.54) is 23.0 Å². The van der Waals surface area contributed by atoms with Crippen LogP contribution in [0, 0.1) is 11.6 Å². The van der Waals surface area contributed by atoms with Gasteiger partial charge in [0.25, 0.3) is 5.56 Å². The smallest absolute Gasteiger partial charge is 0.274 e. The zero-order valence-electron chi connectivity index (χ0n) is 21.8. The molecule has 5 rings (SSSR count). The lowest BCUT2D eigenvalue weighted by molar-refractivity contribution is 0.385. The van der Waals surface area contributed by atoms with Gasteiger partial charge in [0.05, 0.1) is 17.5 Å². The molecule has 4 aromatic rings. The molecule has 0 amide bonds. The van der Waals surface area contributed by atoms with Gasteiger partial charge in [-0.15, -0.1) is 0 Å². The van der Waals surface area contributed by atoms with Crippen LogP contribution in [0.1, 0.15) is 30.0 Å². The van der Waals surface area contributed by atoms with E-state index in [2.05, 4.69) is 9.88 Å². The number of hydrogen-bond acceptors (Lipinski definition) is 5. The molecule has 7 nitrogen and oxygen atoms in total. The molecule has 38 heavy (non-hydrogen) atoms. The first-order chi connectivity index (χ1) is 17.9. The number of aromatic amines is 1. The van der Waals surface area contributed by atoms with Crippen molar-refractivity contribution in [2.45, 2.75) is 24.6 Å². The van der Waals surface area contributed by atoms with E-state index in [0.717, 1.165) is 35.5 Å². The second kappa shape index (κ2) is 9.67. The van der Waals surface area contributed by atoms with Gasteiger partial charge in [-0.1, -0.05) is 6.07 Å². The van der Waals surface area contributed by atoms with Crippen molar-refractivity contribution < 1.29 is 17.2 Å². The molecule has 1 aliphatic rings. The molecule has 3 heterocycles. The van der Waals surface area contributed by atoms with Crippen LogP contribution >= 0.6 is 0 Å². The number of benzene rings is 2. The summed E-state index contributed by atoms with van der Waals surface area (Å²) in [6.45, 7) is 0.799. The topological polar surface area (TPSA) is 78.4 Å². The number of halogens is 2. The second-order valence-electron chi connectivity index (χ2n) is 10.3. The molecule has 2 aromatic carbocycles. The third kappa shape index (κ3) is 4.74. The lowest BCUT2D eigenvalue weighted by atomic mass is 9.97. The first-order valence-electron chi connectivity index (χ1n) is 12.4. The van der Waals surface area contributed by atoms with Crippen LogP contribution in [0.15, 0.2) is 53.6 Å². The first-order valence-corrected chi connectivity index (χ1v) is 14.4. The van der Waals surface area contributed by atoms with Crippen molar-refractivity contribution in [3.8, 4) is 11.1 Å². The SMILES string of the molecule is CN(C)CCCC1c2c[nH]c3c(=O)n(C)cc(c23)-c2cc(CS(C)(=O)=O)ccc2N1c1ccc(F)cc1F. The predicted octanol–water partition coefficient (Wildman–Crippen LogP) is 4.89. The molecule has 0 radical (unpaired) electrons. The van der Waals surface area contributed by atoms with Crippen LogP contribution in [0.5, 0.6) is 0 Å². The van der Waals surface area contributed by atoms with Gasteiger partial charge < -0.3 is 19.4 Å². The minimum atomic E-state index is -3.32. The largest absolute Gasteiger partial charge is 0.356 e. The molecule has 0 aliphatic carbocycles. The fourth-order valence-corrected chi connectivity index (χ4v) is 6.21. The molecule has 0 fully saturated rings. The lowest BCUT2D eigenvalue weighted by Crippen LogP contribution is -2.26. The number of fused-ring (bicyclic) bond motifs is 2. The summed E-state index contributed by atoms with van der Waals surface area (Å²) in [5, 5.41) is 0.728. The van der Waals surface area contributed by atoms with Crippen molar-refractivity contribution in [3.05, 3.63) is 81.9 Å². The van der Waals surface area contributed by atoms with E-state index >= 15 is 4.39 Å². The molecule has 200 valence electrons. The lowest BCUT2D eigenvalue weighted by Gasteiger charge is -2.34. The molecule has 1 unspecified atom stereocenters. The van der Waals surface area contributed by atoms with Crippen LogP contribution in [0.3, 0.4) is 0 Å². The Morgan fingerprint density at radius 1 is 1.05 bits per heavy atom. The number of aryl methyl sites for hydroxylation is 1. The zero-order chi connectivity index (χ0) is 27.4. The van der Waals surface area contributed by atoms with Crippen LogP contribution < -0.4 is 10.5 Å². The normalized spacial score (nSPS) is 15.2. The fourth-order valence-electron chi connectivity index (χ4n) is 5.43. The van der Waals surface area contributed by atoms with Gasteiger partial charge in [-0.05, 0) is 63.3 Å². The quantitative estimate of drug-likeness (QED) is 0.361. The van der Waals surface area contributed by atoms with Crippen molar-refractivity contribution >= 4 is 32.1 Å². The summed E-state index contributed by atoms with van der Waals surface area (Å²) in [4.78, 5) is 20.2. The summed E-state index contributed by atoms with van der Waals surface area (Å²) >= 11 is 0. The highest BCUT2D eigenvalue weighted by molar-refractivity contribution is 7.89. The maximum absolute atomic E-state index is 15.4. The van der Waals surface area contributed by atoms with Gasteiger partial charge in [-0.2, -0.15) is 0 Å². The van der Waals surface area contributed by atoms with Gasteiger partial charge in [0.1, 0.15) is 17.2 Å². The van der Waals surface area contributed by atoms with Crippen LogP contribution in [0.2, 0.25) is 0 Å². The van der Waals surface area contributed by atoms with Gasteiger partial charge in [0.2, 0.25) is 0 Å². The van der Waals surface area contributed by atoms with Crippen LogP contribution in [-0.4, -0.2) is 49.8 Å². The first kappa shape index (κ1) is 26.1. The van der Waals surface area contributed by atoms with Gasteiger partial charge in [0.15, 0.2) is 9.84 Å². The summed E-state index contributed by atoms with van der Waals surface area (Å²) in [7, 11) is 2.31. The maximum Gasteiger partial charge on any atom is 0.274 e. The molecule has 0 saturated heterocycles. The minimum absolute atomic E-state index is 0.160. The van der Waals surface area contributed by atoms with Gasteiger partial charge >= 0.3 is 0 Å². The number of sulfone groups is 1. The Labute approximate surface area is 220 Å². The highest BCUT2D eigenvalue weighted by Crippen LogP contribution is 2.50. The van der Waals surface area contributed by atoms with Crippen molar-refractivity contribution in [2.24, 2.45) is 7.05 Å². The van der Waals surface area contributed by atoms with E-state index in [1.54, 1.807) is 37.6 Å². The predicted molar refractivity (Wildman–Crippen MR) is 147 cm³/mol. The highest BCUT2D eigenvalue weighted by atomic mass is 32.2. The Morgan fingerprint density at radius 3 is 2.47 bits per heavy atom. The molecule has 1 atom stereocenters. The fraction of sp³-hybridized carbons (Fsp3) is 0.321. The maximum atomic E-state index is 15.4. The molecule has 1 aliphatic heterocycles. The van der Waals surface area contributed by atoms with Crippen LogP contribution in [0.4, 0.5) is 20.2 Å². The summed E-state index contributed by atoms with van der Waals surface area (Å²) in [5.74, 6) is -1.54. The average Bonchev–Trinajstić information content (AvgIpc) is 3.22. The number of rotatable bonds is 7. The number of pyridine rings is 1. The Morgan fingerprint density at radius 2 is 1.79 bits per heavy atom. The second-order valence-corrected chi connectivity index (χ2v) is 12.4. The van der Waals surface area contributed by atoms with Crippen molar-refractivity contribution in [3.63, 3.8) is 0 Å². The molecular formula is C28H30F2N4O3S. The van der Waals surface area contributed by atoms with E-state index in [-0.39, 0.29) is 23.0 Å². The van der Waals surface area contributed by atoms with Gasteiger partial charge in [-0.3, -0.25) is 4.79 Å². The number of nitrogens with zero attached hydrogens (tertiary/aromatic N) is 3. The molecule has 0 spiro atoms. The van der Waals surface area contributed by atoms with Crippen molar-refractivity contribution in [2.75, 3.05) is 31.8 Å². The molecule has 1 N–H and O–H groups in total. The molecule has 0 bridgehead atoms. The number of anilines is 2. The molecule has 2 aromatic heterocycles. The van der Waals surface area contributed by atoms with Gasteiger partial charge in [0, 0.05) is 59.5 Å². The van der Waals surface area contributed by atoms with E-state index in [1.807, 2.05) is 19.0 Å². The number of aromatic nitrogens is 2. The Hall–Kier alpha value is -3.50. The third-order valence-corrected chi connectivity index (χ3v) is 7.86.